The molecule has 3 aromatic rings. The molecule has 4 N–H and O–H groups in total. The van der Waals surface area contributed by atoms with Crippen molar-refractivity contribution in [1.82, 2.24) is 10.6 Å². The Bertz CT molecular complexity index is 1360. The lowest BCUT2D eigenvalue weighted by Crippen LogP contribution is -2.45. The average Bonchev–Trinajstić information content (AvgIpc) is 3.11. The molecule has 1 heterocycles. The summed E-state index contributed by atoms with van der Waals surface area (Å²) in [6.45, 7) is 1.93. The molecule has 0 fully saturated rings. The molecule has 0 aromatic heterocycles. The predicted molar refractivity (Wildman–Crippen MR) is 145 cm³/mol. The molecular weight excluding hydrogens is 515 g/mol. The van der Waals surface area contributed by atoms with Crippen LogP contribution in [0, 0.1) is 0 Å². The smallest absolute Gasteiger partial charge is 0.255 e. The van der Waals surface area contributed by atoms with Crippen LogP contribution in [-0.4, -0.2) is 37.9 Å². The molecule has 0 saturated heterocycles. The molecule has 1 aliphatic heterocycles. The van der Waals surface area contributed by atoms with Crippen LogP contribution >= 0.6 is 23.2 Å². The Morgan fingerprint density at radius 3 is 2.46 bits per heavy atom. The molecule has 0 radical (unpaired) electrons. The first kappa shape index (κ1) is 26.3. The minimum Gasteiger partial charge on any atom is -0.497 e. The highest BCUT2D eigenvalue weighted by Crippen LogP contribution is 2.43. The lowest BCUT2D eigenvalue weighted by Gasteiger charge is -2.31. The van der Waals surface area contributed by atoms with Gasteiger partial charge in [-0.25, -0.2) is 0 Å². The van der Waals surface area contributed by atoms with Crippen molar-refractivity contribution in [3.63, 3.8) is 0 Å². The number of benzene rings is 3. The summed E-state index contributed by atoms with van der Waals surface area (Å²) in [6, 6.07) is 17.4. The third-order valence-electron chi connectivity index (χ3n) is 6.04. The van der Waals surface area contributed by atoms with E-state index in [0.29, 0.717) is 38.3 Å². The van der Waals surface area contributed by atoms with Crippen LogP contribution in [0.5, 0.6) is 5.75 Å². The summed E-state index contributed by atoms with van der Waals surface area (Å²) in [5.41, 5.74) is 1.52. The van der Waals surface area contributed by atoms with E-state index in [1.54, 1.807) is 48.5 Å². The molecule has 3 aromatic carbocycles. The van der Waals surface area contributed by atoms with Crippen molar-refractivity contribution in [1.29, 1.82) is 0 Å². The van der Waals surface area contributed by atoms with E-state index in [1.807, 2.05) is 12.1 Å². The number of halogens is 2. The van der Waals surface area contributed by atoms with Crippen molar-refractivity contribution in [3.05, 3.63) is 87.4 Å². The molecule has 1 unspecified atom stereocenters. The van der Waals surface area contributed by atoms with Gasteiger partial charge >= 0.3 is 0 Å². The van der Waals surface area contributed by atoms with Crippen molar-refractivity contribution in [2.45, 2.75) is 18.9 Å². The first-order valence-corrected chi connectivity index (χ1v) is 12.3. The number of nitrogens with one attached hydrogen (secondary N) is 4. The molecule has 37 heavy (non-hydrogen) atoms. The number of anilines is 2. The van der Waals surface area contributed by atoms with Crippen LogP contribution in [-0.2, 0) is 21.5 Å². The van der Waals surface area contributed by atoms with Gasteiger partial charge < -0.3 is 26.0 Å². The fourth-order valence-electron chi connectivity index (χ4n) is 4.33. The molecule has 0 bridgehead atoms. The maximum Gasteiger partial charge on any atom is 0.255 e. The van der Waals surface area contributed by atoms with Gasteiger partial charge in [-0.05, 0) is 42.0 Å². The SMILES string of the molecule is COc1ccc(C(=O)NCCNC(C)=O)c(NC2(Cc3cccc(Cl)c3)C(=O)Nc3cc(Cl)ccc32)c1. The van der Waals surface area contributed by atoms with Gasteiger partial charge in [0, 0.05) is 53.8 Å². The Kier molecular flexibility index (Phi) is 7.90. The van der Waals surface area contributed by atoms with Crippen LogP contribution in [0.4, 0.5) is 11.4 Å². The van der Waals surface area contributed by atoms with Crippen molar-refractivity contribution in [2.75, 3.05) is 30.8 Å². The summed E-state index contributed by atoms with van der Waals surface area (Å²) in [7, 11) is 1.52. The van der Waals surface area contributed by atoms with Crippen molar-refractivity contribution in [3.8, 4) is 5.75 Å². The monoisotopic (exact) mass is 540 g/mol. The van der Waals surface area contributed by atoms with Crippen LogP contribution in [0.2, 0.25) is 10.0 Å². The highest BCUT2D eigenvalue weighted by Gasteiger charge is 2.47. The second kappa shape index (κ2) is 11.1. The molecule has 1 aliphatic rings. The van der Waals surface area contributed by atoms with E-state index in [2.05, 4.69) is 21.3 Å². The van der Waals surface area contributed by atoms with Crippen molar-refractivity contribution in [2.24, 2.45) is 0 Å². The number of rotatable bonds is 9. The Hall–Kier alpha value is -3.75. The van der Waals surface area contributed by atoms with Crippen LogP contribution < -0.4 is 26.0 Å². The van der Waals surface area contributed by atoms with Gasteiger partial charge in [0.1, 0.15) is 11.3 Å². The summed E-state index contributed by atoms with van der Waals surface area (Å²) < 4.78 is 5.40. The van der Waals surface area contributed by atoms with E-state index in [4.69, 9.17) is 27.9 Å². The first-order valence-electron chi connectivity index (χ1n) is 11.6. The number of amides is 3. The van der Waals surface area contributed by atoms with Gasteiger partial charge in [0.2, 0.25) is 5.91 Å². The number of hydrogen-bond acceptors (Lipinski definition) is 5. The van der Waals surface area contributed by atoms with Gasteiger partial charge in [-0.1, -0.05) is 41.4 Å². The molecule has 0 saturated carbocycles. The zero-order chi connectivity index (χ0) is 26.6. The molecule has 0 spiro atoms. The highest BCUT2D eigenvalue weighted by atomic mass is 35.5. The normalized spacial score (nSPS) is 15.9. The minimum absolute atomic E-state index is 0.185. The van der Waals surface area contributed by atoms with Gasteiger partial charge in [0.25, 0.3) is 11.8 Å². The molecule has 3 amide bonds. The molecule has 4 rings (SSSR count). The zero-order valence-electron chi connectivity index (χ0n) is 20.3. The second-order valence-electron chi connectivity index (χ2n) is 8.63. The van der Waals surface area contributed by atoms with Crippen molar-refractivity contribution >= 4 is 52.3 Å². The topological polar surface area (TPSA) is 109 Å². The van der Waals surface area contributed by atoms with E-state index in [1.165, 1.54) is 14.0 Å². The summed E-state index contributed by atoms with van der Waals surface area (Å²) >= 11 is 12.5. The van der Waals surface area contributed by atoms with Gasteiger partial charge in [0.15, 0.2) is 0 Å². The summed E-state index contributed by atoms with van der Waals surface area (Å²) in [4.78, 5) is 37.9. The summed E-state index contributed by atoms with van der Waals surface area (Å²) in [5, 5.41) is 12.8. The average molecular weight is 541 g/mol. The standard InChI is InChI=1S/C27H26Cl2N4O4/c1-16(34)30-10-11-31-25(35)21-8-7-20(37-2)14-23(21)33-27(15-17-4-3-5-18(28)12-17)22-9-6-19(29)13-24(22)32-26(27)36/h3-9,12-14,33H,10-11,15H2,1-2H3,(H,30,34)(H,31,35)(H,32,36). The lowest BCUT2D eigenvalue weighted by atomic mass is 9.84. The molecular formula is C27H26Cl2N4O4. The zero-order valence-corrected chi connectivity index (χ0v) is 21.8. The van der Waals surface area contributed by atoms with Gasteiger partial charge in [0.05, 0.1) is 18.4 Å². The van der Waals surface area contributed by atoms with Crippen LogP contribution in [0.1, 0.15) is 28.4 Å². The lowest BCUT2D eigenvalue weighted by molar-refractivity contribution is -0.120. The summed E-state index contributed by atoms with van der Waals surface area (Å²) in [6.07, 6.45) is 0.245. The highest BCUT2D eigenvalue weighted by molar-refractivity contribution is 6.31. The van der Waals surface area contributed by atoms with Gasteiger partial charge in [-0.15, -0.1) is 0 Å². The number of hydrogen-bond donors (Lipinski definition) is 4. The number of ether oxygens (including phenoxy) is 1. The van der Waals surface area contributed by atoms with E-state index in [0.717, 1.165) is 5.56 Å². The van der Waals surface area contributed by atoms with Crippen LogP contribution in [0.25, 0.3) is 0 Å². The fourth-order valence-corrected chi connectivity index (χ4v) is 4.72. The number of methoxy groups -OCH3 is 1. The van der Waals surface area contributed by atoms with Crippen molar-refractivity contribution < 1.29 is 19.1 Å². The Morgan fingerprint density at radius 2 is 1.73 bits per heavy atom. The fraction of sp³-hybridized carbons (Fsp3) is 0.222. The Balaban J connectivity index is 1.76. The van der Waals surface area contributed by atoms with E-state index >= 15 is 0 Å². The number of carbonyl (C=O) groups is 3. The quantitative estimate of drug-likeness (QED) is 0.301. The molecule has 8 nitrogen and oxygen atoms in total. The molecule has 0 aliphatic carbocycles. The van der Waals surface area contributed by atoms with E-state index in [9.17, 15) is 14.4 Å². The van der Waals surface area contributed by atoms with E-state index < -0.39 is 5.54 Å². The van der Waals surface area contributed by atoms with Crippen LogP contribution in [0.3, 0.4) is 0 Å². The summed E-state index contributed by atoms with van der Waals surface area (Å²) in [5.74, 6) is -0.354. The maximum absolute atomic E-state index is 13.6. The largest absolute Gasteiger partial charge is 0.497 e. The Labute approximate surface area is 224 Å². The molecule has 1 atom stereocenters. The first-order chi connectivity index (χ1) is 17.7. The van der Waals surface area contributed by atoms with Gasteiger partial charge in [-0.2, -0.15) is 0 Å². The van der Waals surface area contributed by atoms with E-state index in [-0.39, 0.29) is 37.2 Å². The maximum atomic E-state index is 13.6. The minimum atomic E-state index is -1.28. The predicted octanol–water partition coefficient (Wildman–Crippen LogP) is 4.37. The number of carbonyl (C=O) groups excluding carboxylic acids is 3. The van der Waals surface area contributed by atoms with Gasteiger partial charge in [-0.3, -0.25) is 14.4 Å². The molecule has 10 heteroatoms. The molecule has 192 valence electrons. The third-order valence-corrected chi connectivity index (χ3v) is 6.51. The Morgan fingerprint density at radius 1 is 0.973 bits per heavy atom. The van der Waals surface area contributed by atoms with Crippen LogP contribution in [0.15, 0.2) is 60.7 Å². The second-order valence-corrected chi connectivity index (χ2v) is 9.50. The number of fused-ring (bicyclic) bond motifs is 1. The third kappa shape index (κ3) is 5.81.